The summed E-state index contributed by atoms with van der Waals surface area (Å²) < 4.78 is 5.65. The maximum absolute atomic E-state index is 7.21. The first-order valence-corrected chi connectivity index (χ1v) is 9.04. The maximum Gasteiger partial charge on any atom is 0.215 e. The average molecular weight is 354 g/mol. The van der Waals surface area contributed by atoms with E-state index < -0.39 is 0 Å². The van der Waals surface area contributed by atoms with Crippen LogP contribution >= 0.6 is 0 Å². The molecule has 3 N–H and O–H groups in total. The number of rotatable bonds is 8. The molecule has 26 heavy (non-hydrogen) atoms. The van der Waals surface area contributed by atoms with Gasteiger partial charge in [0.15, 0.2) is 0 Å². The molecule has 138 valence electrons. The number of hydrogen-bond acceptors (Lipinski definition) is 7. The van der Waals surface area contributed by atoms with E-state index >= 15 is 0 Å². The Labute approximate surface area is 154 Å². The van der Waals surface area contributed by atoms with E-state index in [1.807, 2.05) is 18.3 Å². The Kier molecular flexibility index (Phi) is 6.38. The maximum atomic E-state index is 7.21. The Morgan fingerprint density at radius 1 is 1.12 bits per heavy atom. The molecule has 1 aliphatic heterocycles. The number of unbranched alkanes of at least 4 members (excludes halogenated alkanes) is 1. The topological polar surface area (TPSA) is 91.4 Å². The van der Waals surface area contributed by atoms with Crippen LogP contribution in [0.15, 0.2) is 36.5 Å². The number of nitrogens with zero attached hydrogens (tertiary/aromatic N) is 4. The van der Waals surface area contributed by atoms with Gasteiger partial charge >= 0.3 is 0 Å². The van der Waals surface area contributed by atoms with Crippen molar-refractivity contribution in [3.63, 3.8) is 0 Å². The monoisotopic (exact) mass is 354 g/mol. The van der Waals surface area contributed by atoms with Crippen LogP contribution in [0.5, 0.6) is 5.88 Å². The molecular weight excluding hydrogens is 328 g/mol. The predicted molar refractivity (Wildman–Crippen MR) is 104 cm³/mol. The van der Waals surface area contributed by atoms with Gasteiger partial charge in [-0.3, -0.25) is 4.90 Å². The van der Waals surface area contributed by atoms with Gasteiger partial charge in [0.1, 0.15) is 11.6 Å². The Bertz CT molecular complexity index is 700. The highest BCUT2D eigenvalue weighted by Crippen LogP contribution is 2.14. The third-order valence-electron chi connectivity index (χ3n) is 4.55. The van der Waals surface area contributed by atoms with Crippen molar-refractivity contribution in [2.24, 2.45) is 0 Å². The smallest absolute Gasteiger partial charge is 0.215 e. The molecule has 7 heteroatoms. The van der Waals surface area contributed by atoms with E-state index in [1.54, 1.807) is 12.1 Å². The third-order valence-corrected chi connectivity index (χ3v) is 4.55. The molecule has 3 rings (SSSR count). The Morgan fingerprint density at radius 3 is 2.65 bits per heavy atom. The standard InChI is InChI=1S/C19H26N6O/c20-15-16-6-7-18(23-19(16)21)26-14-4-3-9-24-10-12-25(13-11-24)17-5-1-2-8-22-17/h1-2,5-8,15,20H,3-4,9-14H2,(H2,21,23). The van der Waals surface area contributed by atoms with Gasteiger partial charge in [-0.15, -0.1) is 0 Å². The number of aromatic nitrogens is 2. The molecule has 2 aromatic heterocycles. The van der Waals surface area contributed by atoms with Crippen molar-refractivity contribution in [1.29, 1.82) is 5.41 Å². The molecule has 0 saturated carbocycles. The molecule has 0 bridgehead atoms. The first kappa shape index (κ1) is 18.1. The normalized spacial score (nSPS) is 15.0. The van der Waals surface area contributed by atoms with Crippen LogP contribution < -0.4 is 15.4 Å². The number of anilines is 2. The van der Waals surface area contributed by atoms with Crippen LogP contribution in [-0.4, -0.2) is 60.4 Å². The second kappa shape index (κ2) is 9.15. The second-order valence-corrected chi connectivity index (χ2v) is 6.34. The van der Waals surface area contributed by atoms with E-state index in [0.717, 1.165) is 51.4 Å². The predicted octanol–water partition coefficient (Wildman–Crippen LogP) is 2.04. The molecule has 7 nitrogen and oxygen atoms in total. The number of nitrogen functional groups attached to an aromatic ring is 1. The van der Waals surface area contributed by atoms with Gasteiger partial charge in [0.05, 0.1) is 6.61 Å². The highest BCUT2D eigenvalue weighted by atomic mass is 16.5. The van der Waals surface area contributed by atoms with Crippen LogP contribution in [0.2, 0.25) is 0 Å². The molecule has 3 heterocycles. The fourth-order valence-corrected chi connectivity index (χ4v) is 3.03. The Hall–Kier alpha value is -2.67. The molecule has 2 aromatic rings. The first-order chi connectivity index (χ1) is 12.8. The summed E-state index contributed by atoms with van der Waals surface area (Å²) >= 11 is 0. The van der Waals surface area contributed by atoms with Crippen molar-refractivity contribution in [2.75, 3.05) is 50.0 Å². The van der Waals surface area contributed by atoms with Crippen molar-refractivity contribution in [3.05, 3.63) is 42.1 Å². The van der Waals surface area contributed by atoms with E-state index in [4.69, 9.17) is 15.9 Å². The lowest BCUT2D eigenvalue weighted by molar-refractivity contribution is 0.236. The SMILES string of the molecule is N=Cc1ccc(OCCCCN2CCN(c3ccccn3)CC2)nc1N. The molecule has 0 radical (unpaired) electrons. The number of piperazine rings is 1. The Balaban J connectivity index is 1.31. The molecular formula is C19H26N6O. The van der Waals surface area contributed by atoms with Gasteiger partial charge in [-0.2, -0.15) is 4.98 Å². The van der Waals surface area contributed by atoms with Crippen molar-refractivity contribution < 1.29 is 4.74 Å². The van der Waals surface area contributed by atoms with Gasteiger partial charge in [0.2, 0.25) is 5.88 Å². The molecule has 1 aliphatic rings. The molecule has 1 saturated heterocycles. The molecule has 0 atom stereocenters. The first-order valence-electron chi connectivity index (χ1n) is 9.04. The van der Waals surface area contributed by atoms with Crippen molar-refractivity contribution in [3.8, 4) is 5.88 Å². The fraction of sp³-hybridized carbons (Fsp3) is 0.421. The van der Waals surface area contributed by atoms with Crippen LogP contribution in [0.4, 0.5) is 11.6 Å². The summed E-state index contributed by atoms with van der Waals surface area (Å²) in [6.45, 7) is 5.90. The minimum absolute atomic E-state index is 0.336. The van der Waals surface area contributed by atoms with E-state index in [2.05, 4.69) is 25.8 Å². The van der Waals surface area contributed by atoms with Crippen LogP contribution in [0.3, 0.4) is 0 Å². The zero-order valence-electron chi connectivity index (χ0n) is 15.0. The second-order valence-electron chi connectivity index (χ2n) is 6.34. The average Bonchev–Trinajstić information content (AvgIpc) is 2.69. The summed E-state index contributed by atoms with van der Waals surface area (Å²) in [6, 6.07) is 9.57. The quantitative estimate of drug-likeness (QED) is 0.557. The lowest BCUT2D eigenvalue weighted by Gasteiger charge is -2.35. The minimum atomic E-state index is 0.336. The van der Waals surface area contributed by atoms with E-state index in [9.17, 15) is 0 Å². The van der Waals surface area contributed by atoms with E-state index in [0.29, 0.717) is 23.9 Å². The van der Waals surface area contributed by atoms with Crippen LogP contribution in [0.25, 0.3) is 0 Å². The summed E-state index contributed by atoms with van der Waals surface area (Å²) in [7, 11) is 0. The molecule has 0 unspecified atom stereocenters. The van der Waals surface area contributed by atoms with Gasteiger partial charge in [0.25, 0.3) is 0 Å². The summed E-state index contributed by atoms with van der Waals surface area (Å²) in [4.78, 5) is 13.4. The number of nitrogens with two attached hydrogens (primary N) is 1. The largest absolute Gasteiger partial charge is 0.478 e. The fourth-order valence-electron chi connectivity index (χ4n) is 3.03. The molecule has 0 aliphatic carbocycles. The summed E-state index contributed by atoms with van der Waals surface area (Å²) in [5.74, 6) is 1.93. The highest BCUT2D eigenvalue weighted by Gasteiger charge is 2.17. The van der Waals surface area contributed by atoms with Gasteiger partial charge in [-0.05, 0) is 37.6 Å². The minimum Gasteiger partial charge on any atom is -0.478 e. The zero-order chi connectivity index (χ0) is 18.2. The summed E-state index contributed by atoms with van der Waals surface area (Å²) in [5.41, 5.74) is 6.37. The van der Waals surface area contributed by atoms with Gasteiger partial charge < -0.3 is 20.8 Å². The Morgan fingerprint density at radius 2 is 1.96 bits per heavy atom. The number of ether oxygens (including phenoxy) is 1. The molecule has 0 spiro atoms. The lowest BCUT2D eigenvalue weighted by Crippen LogP contribution is -2.46. The van der Waals surface area contributed by atoms with Crippen LogP contribution in [-0.2, 0) is 0 Å². The van der Waals surface area contributed by atoms with Gasteiger partial charge in [0, 0.05) is 50.2 Å². The third kappa shape index (κ3) is 4.92. The van der Waals surface area contributed by atoms with Crippen molar-refractivity contribution >= 4 is 17.9 Å². The highest BCUT2D eigenvalue weighted by molar-refractivity contribution is 5.83. The van der Waals surface area contributed by atoms with Gasteiger partial charge in [-0.25, -0.2) is 4.98 Å². The summed E-state index contributed by atoms with van der Waals surface area (Å²) in [5, 5.41) is 7.21. The number of hydrogen-bond donors (Lipinski definition) is 2. The number of pyridine rings is 2. The summed E-state index contributed by atoms with van der Waals surface area (Å²) in [6.07, 6.45) is 5.12. The van der Waals surface area contributed by atoms with Crippen LogP contribution in [0.1, 0.15) is 18.4 Å². The number of nitrogens with one attached hydrogen (secondary N) is 1. The van der Waals surface area contributed by atoms with Gasteiger partial charge in [-0.1, -0.05) is 6.07 Å². The molecule has 0 aromatic carbocycles. The van der Waals surface area contributed by atoms with Crippen molar-refractivity contribution in [2.45, 2.75) is 12.8 Å². The lowest BCUT2D eigenvalue weighted by atomic mass is 10.2. The molecule has 0 amide bonds. The zero-order valence-corrected chi connectivity index (χ0v) is 15.0. The van der Waals surface area contributed by atoms with E-state index in [1.165, 1.54) is 6.21 Å². The molecule has 1 fully saturated rings. The van der Waals surface area contributed by atoms with Crippen molar-refractivity contribution in [1.82, 2.24) is 14.9 Å². The van der Waals surface area contributed by atoms with Crippen LogP contribution in [0, 0.1) is 5.41 Å². The van der Waals surface area contributed by atoms with E-state index in [-0.39, 0.29) is 0 Å².